The molecule has 42 heavy (non-hydrogen) atoms. The van der Waals surface area contributed by atoms with Gasteiger partial charge in [0.05, 0.1) is 35.3 Å². The number of fused-ring (bicyclic) bond motifs is 1. The van der Waals surface area contributed by atoms with E-state index in [1.807, 2.05) is 13.8 Å². The normalized spacial score (nSPS) is 17.9. The van der Waals surface area contributed by atoms with Gasteiger partial charge in [-0.05, 0) is 52.0 Å². The van der Waals surface area contributed by atoms with E-state index in [1.165, 1.54) is 23.1 Å². The van der Waals surface area contributed by atoms with E-state index in [0.717, 1.165) is 5.56 Å². The maximum Gasteiger partial charge on any atom is 0.321 e. The average molecular weight is 600 g/mol. The number of ether oxygens (including phenoxy) is 1. The van der Waals surface area contributed by atoms with Crippen molar-refractivity contribution in [1.29, 1.82) is 0 Å². The number of benzene rings is 2. The van der Waals surface area contributed by atoms with Crippen LogP contribution in [0.5, 0.6) is 5.75 Å². The number of aromatic nitrogens is 1. The molecule has 2 aromatic carbocycles. The van der Waals surface area contributed by atoms with Crippen molar-refractivity contribution < 1.29 is 32.4 Å². The van der Waals surface area contributed by atoms with Gasteiger partial charge in [0.25, 0.3) is 15.9 Å². The Hall–Kier alpha value is -4.10. The summed E-state index contributed by atoms with van der Waals surface area (Å²) >= 11 is 0. The molecule has 12 nitrogen and oxygen atoms in total. The molecule has 1 aromatic heterocycles. The van der Waals surface area contributed by atoms with Crippen LogP contribution in [0.2, 0.25) is 0 Å². The van der Waals surface area contributed by atoms with Gasteiger partial charge in [0.2, 0.25) is 0 Å². The molecule has 0 aliphatic carbocycles. The number of aliphatic hydroxyl groups excluding tert-OH is 1. The van der Waals surface area contributed by atoms with Crippen molar-refractivity contribution in [3.63, 3.8) is 0 Å². The lowest BCUT2D eigenvalue weighted by molar-refractivity contribution is 0.0373. The van der Waals surface area contributed by atoms with Crippen LogP contribution in [-0.4, -0.2) is 79.3 Å². The smallest absolute Gasteiger partial charge is 0.321 e. The summed E-state index contributed by atoms with van der Waals surface area (Å²) < 4.78 is 40.7. The van der Waals surface area contributed by atoms with Gasteiger partial charge >= 0.3 is 6.03 Å². The number of rotatable bonds is 8. The highest BCUT2D eigenvalue weighted by atomic mass is 32.2. The number of carbonyl (C=O) groups is 2. The summed E-state index contributed by atoms with van der Waals surface area (Å²) in [6.07, 6.45) is -0.657. The molecule has 0 spiro atoms. The zero-order valence-corrected chi connectivity index (χ0v) is 25.4. The molecule has 3 atom stereocenters. The van der Waals surface area contributed by atoms with Gasteiger partial charge in [-0.2, -0.15) is 0 Å². The van der Waals surface area contributed by atoms with Crippen molar-refractivity contribution in [1.82, 2.24) is 15.0 Å². The maximum absolute atomic E-state index is 13.7. The average Bonchev–Trinajstić information content (AvgIpc) is 3.26. The summed E-state index contributed by atoms with van der Waals surface area (Å²) in [6, 6.07) is 10.1. The Balaban J connectivity index is 1.70. The summed E-state index contributed by atoms with van der Waals surface area (Å²) in [5, 5.41) is 16.6. The molecule has 4 rings (SSSR count). The van der Waals surface area contributed by atoms with Crippen LogP contribution in [0.1, 0.15) is 41.2 Å². The Labute approximate surface area is 245 Å². The number of hydrogen-bond acceptors (Lipinski definition) is 8. The predicted octanol–water partition coefficient (Wildman–Crippen LogP) is 3.78. The molecule has 0 radical (unpaired) electrons. The van der Waals surface area contributed by atoms with Crippen molar-refractivity contribution in [2.24, 2.45) is 5.92 Å². The highest BCUT2D eigenvalue weighted by molar-refractivity contribution is 7.92. The Morgan fingerprint density at radius 1 is 1.19 bits per heavy atom. The zero-order valence-electron chi connectivity index (χ0n) is 24.5. The second kappa shape index (κ2) is 12.4. The molecule has 1 aliphatic heterocycles. The van der Waals surface area contributed by atoms with Crippen molar-refractivity contribution in [3.05, 3.63) is 65.0 Å². The van der Waals surface area contributed by atoms with Gasteiger partial charge in [0.1, 0.15) is 17.5 Å². The van der Waals surface area contributed by atoms with Crippen molar-refractivity contribution in [2.75, 3.05) is 36.8 Å². The molecule has 0 fully saturated rings. The lowest BCUT2D eigenvalue weighted by Crippen LogP contribution is -2.50. The van der Waals surface area contributed by atoms with E-state index in [2.05, 4.69) is 15.2 Å². The molecule has 3 amide bonds. The quantitative estimate of drug-likeness (QED) is 0.353. The molecular formula is C29H37N5O7S. The first-order valence-electron chi connectivity index (χ1n) is 13.6. The van der Waals surface area contributed by atoms with Gasteiger partial charge in [-0.25, -0.2) is 13.2 Å². The van der Waals surface area contributed by atoms with E-state index in [1.54, 1.807) is 57.0 Å². The molecule has 3 N–H and O–H groups in total. The first kappa shape index (κ1) is 30.8. The summed E-state index contributed by atoms with van der Waals surface area (Å²) in [7, 11) is -2.42. The van der Waals surface area contributed by atoms with Crippen LogP contribution in [-0.2, 0) is 10.0 Å². The number of carbonyl (C=O) groups excluding carboxylic acids is 2. The standard InChI is InChI=1S/C29H37N5O7S/c1-17-10-12-22(13-11-17)42(38,39)32-24-9-7-8-23-27(24)40-25(18(2)14-34(28(23)36)19(3)16-35)15-33(6)29(37)30-26-20(4)31-41-21(26)5/h7-13,18-19,25,32,35H,14-16H2,1-6H3,(H,30,37)/t18-,19-,25-/m0/s1. The number of nitrogens with one attached hydrogen (secondary N) is 2. The Bertz CT molecular complexity index is 1540. The number of aryl methyl sites for hydroxylation is 3. The third kappa shape index (κ3) is 6.52. The first-order valence-corrected chi connectivity index (χ1v) is 15.1. The van der Waals surface area contributed by atoms with Crippen LogP contribution in [0.15, 0.2) is 51.9 Å². The monoisotopic (exact) mass is 599 g/mol. The lowest BCUT2D eigenvalue weighted by Gasteiger charge is -2.38. The third-order valence-corrected chi connectivity index (χ3v) is 8.71. The van der Waals surface area contributed by atoms with Crippen molar-refractivity contribution in [3.8, 4) is 5.75 Å². The fourth-order valence-electron chi connectivity index (χ4n) is 4.68. The Kier molecular flexibility index (Phi) is 9.12. The molecular weight excluding hydrogens is 562 g/mol. The van der Waals surface area contributed by atoms with Gasteiger partial charge in [-0.15, -0.1) is 0 Å². The van der Waals surface area contributed by atoms with Gasteiger partial charge < -0.3 is 29.5 Å². The Morgan fingerprint density at radius 2 is 1.88 bits per heavy atom. The Morgan fingerprint density at radius 3 is 2.50 bits per heavy atom. The van der Waals surface area contributed by atoms with Crippen LogP contribution in [0.4, 0.5) is 16.2 Å². The summed E-state index contributed by atoms with van der Waals surface area (Å²) in [4.78, 5) is 29.8. The first-order chi connectivity index (χ1) is 19.8. The highest BCUT2D eigenvalue weighted by Gasteiger charge is 2.35. The number of aliphatic hydroxyl groups is 1. The fraction of sp³-hybridized carbons (Fsp3) is 0.414. The lowest BCUT2D eigenvalue weighted by atomic mass is 9.99. The minimum Gasteiger partial charge on any atom is -0.485 e. The van der Waals surface area contributed by atoms with Crippen LogP contribution >= 0.6 is 0 Å². The fourth-order valence-corrected chi connectivity index (χ4v) is 5.74. The van der Waals surface area contributed by atoms with E-state index in [0.29, 0.717) is 17.1 Å². The number of anilines is 2. The third-order valence-electron chi connectivity index (χ3n) is 7.33. The molecule has 0 unspecified atom stereocenters. The van der Waals surface area contributed by atoms with E-state index in [9.17, 15) is 23.1 Å². The minimum absolute atomic E-state index is 0.0457. The van der Waals surface area contributed by atoms with Gasteiger partial charge in [-0.1, -0.05) is 35.8 Å². The topological polar surface area (TPSA) is 154 Å². The van der Waals surface area contributed by atoms with Crippen LogP contribution in [0, 0.1) is 26.7 Å². The van der Waals surface area contributed by atoms with Gasteiger partial charge in [0, 0.05) is 19.5 Å². The van der Waals surface area contributed by atoms with Crippen LogP contribution < -0.4 is 14.8 Å². The highest BCUT2D eigenvalue weighted by Crippen LogP contribution is 2.36. The van der Waals surface area contributed by atoms with Crippen molar-refractivity contribution in [2.45, 2.75) is 51.7 Å². The molecule has 0 bridgehead atoms. The van der Waals surface area contributed by atoms with E-state index in [4.69, 9.17) is 9.26 Å². The van der Waals surface area contributed by atoms with Gasteiger partial charge in [-0.3, -0.25) is 9.52 Å². The molecule has 226 valence electrons. The number of nitrogens with zero attached hydrogens (tertiary/aromatic N) is 3. The maximum atomic E-state index is 13.7. The zero-order chi connectivity index (χ0) is 30.8. The largest absolute Gasteiger partial charge is 0.485 e. The molecule has 13 heteroatoms. The van der Waals surface area contributed by atoms with Crippen LogP contribution in [0.3, 0.4) is 0 Å². The summed E-state index contributed by atoms with van der Waals surface area (Å²) in [5.74, 6) is -0.203. The number of likely N-dealkylation sites (N-methyl/N-ethyl adjacent to an activating group) is 1. The van der Waals surface area contributed by atoms with Crippen molar-refractivity contribution >= 4 is 33.3 Å². The predicted molar refractivity (Wildman–Crippen MR) is 157 cm³/mol. The molecule has 2 heterocycles. The second-order valence-electron chi connectivity index (χ2n) is 10.7. The van der Waals surface area contributed by atoms with E-state index in [-0.39, 0.29) is 47.5 Å². The molecule has 1 aliphatic rings. The van der Waals surface area contributed by atoms with E-state index >= 15 is 0 Å². The second-order valence-corrected chi connectivity index (χ2v) is 12.4. The van der Waals surface area contributed by atoms with Crippen LogP contribution in [0.25, 0.3) is 0 Å². The van der Waals surface area contributed by atoms with Gasteiger partial charge in [0.15, 0.2) is 11.5 Å². The molecule has 0 saturated carbocycles. The number of hydrogen-bond donors (Lipinski definition) is 3. The SMILES string of the molecule is Cc1ccc(S(=O)(=O)Nc2cccc3c2O[C@@H](CN(C)C(=O)Nc2c(C)noc2C)[C@@H](C)CN([C@@H](C)CO)C3=O)cc1. The molecule has 3 aromatic rings. The number of urea groups is 1. The van der Waals surface area contributed by atoms with E-state index < -0.39 is 34.1 Å². The number of amides is 3. The number of para-hydroxylation sites is 1. The summed E-state index contributed by atoms with van der Waals surface area (Å²) in [5.41, 5.74) is 2.14. The number of sulfonamides is 1. The summed E-state index contributed by atoms with van der Waals surface area (Å²) in [6.45, 7) is 8.95. The molecule has 0 saturated heterocycles. The minimum atomic E-state index is -4.03.